The van der Waals surface area contributed by atoms with E-state index in [4.69, 9.17) is 23.7 Å². The van der Waals surface area contributed by atoms with Gasteiger partial charge in [0.15, 0.2) is 24.3 Å². The Kier molecular flexibility index (Phi) is 5.03. The molecule has 29 heavy (non-hydrogen) atoms. The average molecular weight is 411 g/mol. The Hall–Kier alpha value is -1.18. The van der Waals surface area contributed by atoms with Crippen LogP contribution < -0.4 is 0 Å². The Labute approximate surface area is 172 Å². The molecule has 1 saturated carbocycles. The summed E-state index contributed by atoms with van der Waals surface area (Å²) in [7, 11) is 0. The summed E-state index contributed by atoms with van der Waals surface area (Å²) in [5.41, 5.74) is -0.405. The topological polar surface area (TPSA) is 80.3 Å². The molecule has 0 aromatic heterocycles. The van der Waals surface area contributed by atoms with Crippen LogP contribution >= 0.6 is 0 Å². The molecule has 3 heterocycles. The van der Waals surface area contributed by atoms with Gasteiger partial charge >= 0.3 is 11.9 Å². The molecule has 4 aliphatic rings. The van der Waals surface area contributed by atoms with Crippen molar-refractivity contribution < 1.29 is 33.3 Å². The molecule has 0 bridgehead atoms. The Bertz CT molecular complexity index is 671. The molecule has 4 fully saturated rings. The fourth-order valence-corrected chi connectivity index (χ4v) is 4.76. The molecule has 3 aliphatic heterocycles. The molecule has 0 radical (unpaired) electrons. The van der Waals surface area contributed by atoms with Crippen LogP contribution in [0.3, 0.4) is 0 Å². The third kappa shape index (κ3) is 3.59. The Morgan fingerprint density at radius 3 is 2.31 bits per heavy atom. The SMILES string of the molecule is CCC(C)(C)C(=O)OC1C(=O)O[C@@H]2[C@H]3OC4(CCC(C(C)(C)C)CC4)O[C@H]3O[C@H]12. The van der Waals surface area contributed by atoms with Crippen molar-refractivity contribution in [3.05, 3.63) is 0 Å². The molecule has 1 aliphatic carbocycles. The molecule has 0 aromatic rings. The number of rotatable bonds is 3. The minimum atomic E-state index is -1.07. The molecule has 0 amide bonds. The van der Waals surface area contributed by atoms with E-state index in [2.05, 4.69) is 20.8 Å². The maximum atomic E-state index is 12.4. The van der Waals surface area contributed by atoms with Gasteiger partial charge in [-0.1, -0.05) is 27.7 Å². The summed E-state index contributed by atoms with van der Waals surface area (Å²) in [6.07, 6.45) is 0.864. The maximum Gasteiger partial charge on any atom is 0.350 e. The van der Waals surface area contributed by atoms with Crippen molar-refractivity contribution in [1.82, 2.24) is 0 Å². The highest BCUT2D eigenvalue weighted by Crippen LogP contribution is 2.51. The van der Waals surface area contributed by atoms with Gasteiger partial charge in [-0.25, -0.2) is 4.79 Å². The van der Waals surface area contributed by atoms with E-state index in [-0.39, 0.29) is 5.41 Å². The number of hydrogen-bond acceptors (Lipinski definition) is 7. The van der Waals surface area contributed by atoms with E-state index < -0.39 is 53.8 Å². The second-order valence-corrected chi connectivity index (χ2v) is 10.7. The number of esters is 2. The molecular formula is C22H34O7. The van der Waals surface area contributed by atoms with Gasteiger partial charge in [0.25, 0.3) is 0 Å². The minimum Gasteiger partial charge on any atom is -0.454 e. The van der Waals surface area contributed by atoms with Gasteiger partial charge in [-0.3, -0.25) is 4.79 Å². The highest BCUT2D eigenvalue weighted by atomic mass is 16.9. The van der Waals surface area contributed by atoms with Crippen molar-refractivity contribution in [2.24, 2.45) is 16.7 Å². The lowest BCUT2D eigenvalue weighted by atomic mass is 9.71. The smallest absolute Gasteiger partial charge is 0.350 e. The van der Waals surface area contributed by atoms with Gasteiger partial charge < -0.3 is 23.7 Å². The fourth-order valence-electron chi connectivity index (χ4n) is 4.76. The van der Waals surface area contributed by atoms with Crippen LogP contribution in [0.25, 0.3) is 0 Å². The molecule has 4 rings (SSSR count). The number of fused-ring (bicyclic) bond motifs is 3. The Balaban J connectivity index is 1.40. The van der Waals surface area contributed by atoms with Gasteiger partial charge in [-0.05, 0) is 44.4 Å². The second kappa shape index (κ2) is 6.92. The molecule has 3 saturated heterocycles. The first-order valence-electron chi connectivity index (χ1n) is 10.9. The first-order chi connectivity index (χ1) is 13.5. The molecule has 7 nitrogen and oxygen atoms in total. The van der Waals surface area contributed by atoms with Crippen LogP contribution in [0.5, 0.6) is 0 Å². The molecule has 0 aromatic carbocycles. The third-order valence-electron chi connectivity index (χ3n) is 7.31. The van der Waals surface area contributed by atoms with Crippen LogP contribution in [0.15, 0.2) is 0 Å². The first-order valence-corrected chi connectivity index (χ1v) is 10.9. The van der Waals surface area contributed by atoms with Crippen LogP contribution in [0.2, 0.25) is 0 Å². The van der Waals surface area contributed by atoms with Crippen LogP contribution in [0, 0.1) is 16.7 Å². The predicted molar refractivity (Wildman–Crippen MR) is 103 cm³/mol. The van der Waals surface area contributed by atoms with E-state index in [1.54, 1.807) is 13.8 Å². The summed E-state index contributed by atoms with van der Waals surface area (Å²) in [6, 6.07) is 0. The normalized spacial score (nSPS) is 41.9. The molecular weight excluding hydrogens is 376 g/mol. The molecule has 1 unspecified atom stereocenters. The lowest BCUT2D eigenvalue weighted by molar-refractivity contribution is -0.251. The fraction of sp³-hybridized carbons (Fsp3) is 0.909. The van der Waals surface area contributed by atoms with Gasteiger partial charge in [-0.15, -0.1) is 0 Å². The molecule has 1 spiro atoms. The Morgan fingerprint density at radius 2 is 1.72 bits per heavy atom. The van der Waals surface area contributed by atoms with E-state index in [0.29, 0.717) is 12.3 Å². The minimum absolute atomic E-state index is 0.266. The van der Waals surface area contributed by atoms with Crippen molar-refractivity contribution in [2.45, 2.75) is 110 Å². The zero-order valence-electron chi connectivity index (χ0n) is 18.4. The summed E-state index contributed by atoms with van der Waals surface area (Å²) in [5, 5.41) is 0. The van der Waals surface area contributed by atoms with Gasteiger partial charge in [0.2, 0.25) is 6.10 Å². The first kappa shape index (κ1) is 21.1. The van der Waals surface area contributed by atoms with Gasteiger partial charge in [0.05, 0.1) is 5.41 Å². The second-order valence-electron chi connectivity index (χ2n) is 10.7. The lowest BCUT2D eigenvalue weighted by Crippen LogP contribution is -2.43. The van der Waals surface area contributed by atoms with Crippen molar-refractivity contribution in [2.75, 3.05) is 0 Å². The highest BCUT2D eigenvalue weighted by molar-refractivity contribution is 5.84. The largest absolute Gasteiger partial charge is 0.454 e. The third-order valence-corrected chi connectivity index (χ3v) is 7.31. The highest BCUT2D eigenvalue weighted by Gasteiger charge is 2.66. The predicted octanol–water partition coefficient (Wildman–Crippen LogP) is 3.33. The number of hydrogen-bond donors (Lipinski definition) is 0. The van der Waals surface area contributed by atoms with E-state index >= 15 is 0 Å². The molecule has 5 atom stereocenters. The Morgan fingerprint density at radius 1 is 1.07 bits per heavy atom. The van der Waals surface area contributed by atoms with Gasteiger partial charge in [0, 0.05) is 12.8 Å². The molecule has 0 N–H and O–H groups in total. The standard InChI is InChI=1S/C22H34O7/c1-7-21(5,6)19(24)27-15-13-14(25-17(15)23)16-18(26-13)29-22(28-16)10-8-12(9-11-22)20(2,3)4/h12-16,18H,7-11H2,1-6H3/t12?,13-,14-,15?,16+,18+,22?/m0/s1. The van der Waals surface area contributed by atoms with Gasteiger partial charge in [0.1, 0.15) is 6.10 Å². The van der Waals surface area contributed by atoms with Crippen LogP contribution in [-0.2, 0) is 33.3 Å². The monoisotopic (exact) mass is 410 g/mol. The maximum absolute atomic E-state index is 12.4. The molecule has 7 heteroatoms. The van der Waals surface area contributed by atoms with E-state index in [9.17, 15) is 9.59 Å². The van der Waals surface area contributed by atoms with Crippen LogP contribution in [0.4, 0.5) is 0 Å². The van der Waals surface area contributed by atoms with E-state index in [0.717, 1.165) is 25.7 Å². The van der Waals surface area contributed by atoms with Gasteiger partial charge in [-0.2, -0.15) is 0 Å². The number of carbonyl (C=O) groups excluding carboxylic acids is 2. The molecule has 164 valence electrons. The number of carbonyl (C=O) groups is 2. The van der Waals surface area contributed by atoms with E-state index in [1.807, 2.05) is 6.92 Å². The van der Waals surface area contributed by atoms with Crippen LogP contribution in [-0.4, -0.2) is 48.4 Å². The van der Waals surface area contributed by atoms with Crippen LogP contribution in [0.1, 0.15) is 73.6 Å². The number of ether oxygens (including phenoxy) is 5. The summed E-state index contributed by atoms with van der Waals surface area (Å²) < 4.78 is 29.5. The van der Waals surface area contributed by atoms with Crippen molar-refractivity contribution in [3.63, 3.8) is 0 Å². The summed E-state index contributed by atoms with van der Waals surface area (Å²) in [5.74, 6) is -1.03. The summed E-state index contributed by atoms with van der Waals surface area (Å²) in [6.45, 7) is 12.3. The van der Waals surface area contributed by atoms with Crippen molar-refractivity contribution >= 4 is 11.9 Å². The lowest BCUT2D eigenvalue weighted by Gasteiger charge is -2.41. The van der Waals surface area contributed by atoms with Crippen molar-refractivity contribution in [3.8, 4) is 0 Å². The quantitative estimate of drug-likeness (QED) is 0.660. The van der Waals surface area contributed by atoms with E-state index in [1.165, 1.54) is 0 Å². The average Bonchev–Trinajstić information content (AvgIpc) is 3.23. The zero-order chi connectivity index (χ0) is 21.2. The summed E-state index contributed by atoms with van der Waals surface area (Å²) >= 11 is 0. The van der Waals surface area contributed by atoms with Crippen molar-refractivity contribution in [1.29, 1.82) is 0 Å². The zero-order valence-corrected chi connectivity index (χ0v) is 18.4. The summed E-state index contributed by atoms with van der Waals surface area (Å²) in [4.78, 5) is 24.8.